The molecular weight excluding hydrogens is 276 g/mol. The van der Waals surface area contributed by atoms with E-state index in [2.05, 4.69) is 0 Å². The van der Waals surface area contributed by atoms with Gasteiger partial charge in [0.15, 0.2) is 0 Å². The Hall–Kier alpha value is -1.15. The van der Waals surface area contributed by atoms with Crippen molar-refractivity contribution in [3.05, 3.63) is 35.9 Å². The third-order valence-electron chi connectivity index (χ3n) is 2.56. The van der Waals surface area contributed by atoms with Crippen molar-refractivity contribution in [1.82, 2.24) is 0 Å². The Kier molecular flexibility index (Phi) is 3.73. The molecule has 0 aliphatic heterocycles. The molecule has 0 bridgehead atoms. The number of benzene rings is 1. The zero-order valence-corrected chi connectivity index (χ0v) is 9.96. The zero-order chi connectivity index (χ0) is 14.2. The van der Waals surface area contributed by atoms with Gasteiger partial charge in [-0.15, -0.1) is 0 Å². The van der Waals surface area contributed by atoms with Gasteiger partial charge in [-0.3, -0.25) is 4.55 Å². The summed E-state index contributed by atoms with van der Waals surface area (Å²) in [5, 5.41) is -5.55. The van der Waals surface area contributed by atoms with E-state index in [9.17, 15) is 26.0 Å². The van der Waals surface area contributed by atoms with Gasteiger partial charge in [-0.1, -0.05) is 37.3 Å². The Labute approximate surface area is 101 Å². The van der Waals surface area contributed by atoms with Crippen LogP contribution in [0.3, 0.4) is 0 Å². The minimum absolute atomic E-state index is 0.161. The highest BCUT2D eigenvalue weighted by Gasteiger charge is 2.68. The van der Waals surface area contributed by atoms with Crippen LogP contribution in [0.15, 0.2) is 30.3 Å². The predicted octanol–water partition coefficient (Wildman–Crippen LogP) is 2.91. The highest BCUT2D eigenvalue weighted by molar-refractivity contribution is 7.87. The van der Waals surface area contributed by atoms with Crippen LogP contribution in [0.5, 0.6) is 0 Å². The molecule has 1 unspecified atom stereocenters. The van der Waals surface area contributed by atoms with Gasteiger partial charge in [0.25, 0.3) is 0 Å². The second-order valence-corrected chi connectivity index (χ2v) is 5.21. The quantitative estimate of drug-likeness (QED) is 0.684. The molecule has 0 aliphatic rings. The summed E-state index contributed by atoms with van der Waals surface area (Å²) in [6.45, 7) is 0.758. The van der Waals surface area contributed by atoms with Gasteiger partial charge >= 0.3 is 21.3 Å². The Balaban J connectivity index is 3.23. The number of hydrogen-bond donors (Lipinski definition) is 1. The Morgan fingerprint density at radius 2 is 1.56 bits per heavy atom. The van der Waals surface area contributed by atoms with Crippen molar-refractivity contribution < 1.29 is 30.5 Å². The summed E-state index contributed by atoms with van der Waals surface area (Å²) in [4.78, 5) is 0. The molecule has 0 radical (unpaired) electrons. The molecule has 0 fully saturated rings. The lowest BCUT2D eigenvalue weighted by atomic mass is 9.94. The van der Waals surface area contributed by atoms with E-state index in [0.717, 1.165) is 6.92 Å². The molecule has 0 heterocycles. The summed E-state index contributed by atoms with van der Waals surface area (Å²) in [6.07, 6.45) is 0. The molecule has 3 nitrogen and oxygen atoms in total. The van der Waals surface area contributed by atoms with Gasteiger partial charge in [-0.2, -0.15) is 26.0 Å². The van der Waals surface area contributed by atoms with Crippen LogP contribution in [0.2, 0.25) is 0 Å². The molecule has 1 aromatic rings. The van der Waals surface area contributed by atoms with Crippen molar-refractivity contribution in [2.75, 3.05) is 0 Å². The standard InChI is InChI=1S/C10H10F4O3S/c1-7(8-5-3-2-4-6-8)9(11,12)10(13,14)18(15,16)17/h2-7H,1H3,(H,15,16,17). The van der Waals surface area contributed by atoms with Crippen molar-refractivity contribution in [2.24, 2.45) is 0 Å². The average molecular weight is 286 g/mol. The molecule has 0 aromatic heterocycles. The highest BCUT2D eigenvalue weighted by atomic mass is 32.2. The van der Waals surface area contributed by atoms with Crippen LogP contribution in [-0.2, 0) is 10.1 Å². The van der Waals surface area contributed by atoms with Crippen LogP contribution in [0, 0.1) is 0 Å². The molecule has 0 spiro atoms. The van der Waals surface area contributed by atoms with E-state index >= 15 is 0 Å². The summed E-state index contributed by atoms with van der Waals surface area (Å²) in [6, 6.07) is 6.54. The molecule has 1 N–H and O–H groups in total. The SMILES string of the molecule is CC(c1ccccc1)C(F)(F)C(F)(F)S(=O)(=O)O. The first-order valence-corrected chi connectivity index (χ1v) is 6.23. The topological polar surface area (TPSA) is 54.4 Å². The van der Waals surface area contributed by atoms with E-state index in [1.165, 1.54) is 30.3 Å². The minimum atomic E-state index is -6.20. The van der Waals surface area contributed by atoms with Gasteiger partial charge < -0.3 is 0 Å². The smallest absolute Gasteiger partial charge is 0.281 e. The first kappa shape index (κ1) is 14.9. The van der Waals surface area contributed by atoms with Crippen LogP contribution in [0.1, 0.15) is 18.4 Å². The molecule has 0 saturated carbocycles. The number of alkyl halides is 4. The Morgan fingerprint density at radius 1 is 1.11 bits per heavy atom. The van der Waals surface area contributed by atoms with Gasteiger partial charge in [-0.05, 0) is 5.56 Å². The molecule has 0 saturated heterocycles. The zero-order valence-electron chi connectivity index (χ0n) is 9.15. The Bertz CT molecular complexity index is 513. The second-order valence-electron chi connectivity index (χ2n) is 3.75. The first-order valence-electron chi connectivity index (χ1n) is 4.79. The number of rotatable bonds is 4. The molecule has 18 heavy (non-hydrogen) atoms. The Morgan fingerprint density at radius 3 is 1.94 bits per heavy atom. The normalized spacial score (nSPS) is 15.4. The van der Waals surface area contributed by atoms with Gasteiger partial charge in [0.1, 0.15) is 0 Å². The highest BCUT2D eigenvalue weighted by Crippen LogP contribution is 2.47. The van der Waals surface area contributed by atoms with Crippen LogP contribution in [-0.4, -0.2) is 24.1 Å². The van der Waals surface area contributed by atoms with Crippen molar-refractivity contribution in [3.8, 4) is 0 Å². The third-order valence-corrected chi connectivity index (χ3v) is 3.48. The molecular formula is C10H10F4O3S. The monoisotopic (exact) mass is 286 g/mol. The van der Waals surface area contributed by atoms with Gasteiger partial charge in [0.2, 0.25) is 0 Å². The lowest BCUT2D eigenvalue weighted by Crippen LogP contribution is -2.49. The molecule has 0 aliphatic carbocycles. The average Bonchev–Trinajstić information content (AvgIpc) is 2.27. The summed E-state index contributed by atoms with van der Waals surface area (Å²) in [5.74, 6) is -7.00. The van der Waals surface area contributed by atoms with Crippen LogP contribution in [0.4, 0.5) is 17.6 Å². The van der Waals surface area contributed by atoms with E-state index in [1.54, 1.807) is 0 Å². The van der Waals surface area contributed by atoms with Gasteiger partial charge in [-0.25, -0.2) is 0 Å². The van der Waals surface area contributed by atoms with Crippen molar-refractivity contribution in [3.63, 3.8) is 0 Å². The van der Waals surface area contributed by atoms with Crippen LogP contribution < -0.4 is 0 Å². The van der Waals surface area contributed by atoms with Gasteiger partial charge in [0, 0.05) is 0 Å². The largest absolute Gasteiger partial charge is 0.432 e. The summed E-state index contributed by atoms with van der Waals surface area (Å²) >= 11 is 0. The minimum Gasteiger partial charge on any atom is -0.281 e. The van der Waals surface area contributed by atoms with E-state index in [1.807, 2.05) is 0 Å². The number of hydrogen-bond acceptors (Lipinski definition) is 2. The van der Waals surface area contributed by atoms with E-state index in [-0.39, 0.29) is 5.56 Å². The molecule has 8 heteroatoms. The summed E-state index contributed by atoms with van der Waals surface area (Å²) in [7, 11) is -6.20. The fourth-order valence-corrected chi connectivity index (χ4v) is 1.90. The summed E-state index contributed by atoms with van der Waals surface area (Å²) in [5.41, 5.74) is -0.161. The predicted molar refractivity (Wildman–Crippen MR) is 56.3 cm³/mol. The van der Waals surface area contributed by atoms with Crippen molar-refractivity contribution >= 4 is 10.1 Å². The lowest BCUT2D eigenvalue weighted by Gasteiger charge is -2.29. The van der Waals surface area contributed by atoms with Crippen LogP contribution >= 0.6 is 0 Å². The maximum atomic E-state index is 13.5. The summed E-state index contributed by atoms with van der Waals surface area (Å²) < 4.78 is 82.0. The molecule has 102 valence electrons. The third kappa shape index (κ3) is 2.35. The fraction of sp³-hybridized carbons (Fsp3) is 0.400. The maximum absolute atomic E-state index is 13.5. The molecule has 1 aromatic carbocycles. The second kappa shape index (κ2) is 4.51. The lowest BCUT2D eigenvalue weighted by molar-refractivity contribution is -0.172. The van der Waals surface area contributed by atoms with E-state index < -0.39 is 27.2 Å². The maximum Gasteiger partial charge on any atom is 0.432 e. The fourth-order valence-electron chi connectivity index (χ4n) is 1.38. The van der Waals surface area contributed by atoms with Gasteiger partial charge in [0.05, 0.1) is 5.92 Å². The van der Waals surface area contributed by atoms with E-state index in [0.29, 0.717) is 0 Å². The van der Waals surface area contributed by atoms with Crippen molar-refractivity contribution in [2.45, 2.75) is 24.0 Å². The number of halogens is 4. The van der Waals surface area contributed by atoms with Crippen molar-refractivity contribution in [1.29, 1.82) is 0 Å². The molecule has 1 rings (SSSR count). The first-order chi connectivity index (χ1) is 8.02. The van der Waals surface area contributed by atoms with E-state index in [4.69, 9.17) is 4.55 Å². The molecule has 0 amide bonds. The van der Waals surface area contributed by atoms with Crippen LogP contribution in [0.25, 0.3) is 0 Å². The molecule has 1 atom stereocenters.